The number of hydrogen-bond acceptors (Lipinski definition) is 2. The molecule has 1 aromatic heterocycles. The van der Waals surface area contributed by atoms with Gasteiger partial charge in [-0.05, 0) is 67.6 Å². The van der Waals surface area contributed by atoms with Crippen LogP contribution in [0.5, 0.6) is 5.75 Å². The summed E-state index contributed by atoms with van der Waals surface area (Å²) in [6.45, 7) is 1.91. The summed E-state index contributed by atoms with van der Waals surface area (Å²) in [6.07, 6.45) is 0. The largest absolute Gasteiger partial charge is 0.488 e. The molecule has 32 heavy (non-hydrogen) atoms. The van der Waals surface area contributed by atoms with E-state index < -0.39 is 11.8 Å². The number of rotatable bonds is 6. The van der Waals surface area contributed by atoms with Gasteiger partial charge in [0.25, 0.3) is 0 Å². The van der Waals surface area contributed by atoms with E-state index in [0.29, 0.717) is 16.5 Å². The van der Waals surface area contributed by atoms with Gasteiger partial charge in [-0.3, -0.25) is 0 Å². The second-order valence-corrected chi connectivity index (χ2v) is 8.50. The van der Waals surface area contributed by atoms with Crippen LogP contribution in [0.15, 0.2) is 77.3 Å². The van der Waals surface area contributed by atoms with Crippen molar-refractivity contribution in [2.75, 3.05) is 0 Å². The van der Waals surface area contributed by atoms with Crippen molar-refractivity contribution >= 4 is 33.5 Å². The first kappa shape index (κ1) is 22.1. The molecule has 1 N–H and O–H groups in total. The number of carboxylic acids is 1. The van der Waals surface area contributed by atoms with Crippen LogP contribution in [-0.2, 0) is 6.61 Å². The van der Waals surface area contributed by atoms with E-state index in [2.05, 4.69) is 15.9 Å². The first-order valence-corrected chi connectivity index (χ1v) is 10.9. The molecule has 1 heterocycles. The molecule has 4 nitrogen and oxygen atoms in total. The van der Waals surface area contributed by atoms with E-state index in [1.807, 2.05) is 41.8 Å². The number of halogens is 3. The molecule has 0 fully saturated rings. The number of aromatic carboxylic acids is 1. The van der Waals surface area contributed by atoms with E-state index in [0.717, 1.165) is 21.4 Å². The Bertz CT molecular complexity index is 1300. The van der Waals surface area contributed by atoms with Gasteiger partial charge in [0.15, 0.2) is 0 Å². The number of hydrogen-bond donors (Lipinski definition) is 1. The predicted octanol–water partition coefficient (Wildman–Crippen LogP) is 7.28. The van der Waals surface area contributed by atoms with E-state index in [4.69, 9.17) is 16.3 Å². The summed E-state index contributed by atoms with van der Waals surface area (Å²) in [5, 5.41) is 9.69. The number of aromatic nitrogens is 1. The highest BCUT2D eigenvalue weighted by atomic mass is 79.9. The van der Waals surface area contributed by atoms with Crippen LogP contribution in [0.2, 0.25) is 5.02 Å². The van der Waals surface area contributed by atoms with E-state index in [-0.39, 0.29) is 17.7 Å². The lowest BCUT2D eigenvalue weighted by Crippen LogP contribution is -2.04. The van der Waals surface area contributed by atoms with Gasteiger partial charge in [-0.1, -0.05) is 39.7 Å². The molecule has 0 aliphatic rings. The number of benzene rings is 3. The van der Waals surface area contributed by atoms with Crippen LogP contribution >= 0.6 is 27.5 Å². The lowest BCUT2D eigenvalue weighted by molar-refractivity contribution is 0.0697. The topological polar surface area (TPSA) is 51.5 Å². The van der Waals surface area contributed by atoms with E-state index in [9.17, 15) is 14.3 Å². The van der Waals surface area contributed by atoms with Crippen LogP contribution in [0, 0.1) is 12.7 Å². The Kier molecular flexibility index (Phi) is 6.35. The molecular weight excluding hydrogens is 497 g/mol. The zero-order valence-electron chi connectivity index (χ0n) is 17.0. The molecule has 0 amide bonds. The first-order valence-electron chi connectivity index (χ1n) is 9.73. The fourth-order valence-corrected chi connectivity index (χ4v) is 4.10. The molecule has 7 heteroatoms. The normalized spacial score (nSPS) is 10.9. The molecule has 0 spiro atoms. The van der Waals surface area contributed by atoms with Crippen molar-refractivity contribution < 1.29 is 19.0 Å². The second-order valence-electron chi connectivity index (χ2n) is 7.18. The zero-order valence-corrected chi connectivity index (χ0v) is 19.3. The molecule has 4 aromatic rings. The maximum absolute atomic E-state index is 14.2. The van der Waals surface area contributed by atoms with Crippen LogP contribution in [-0.4, -0.2) is 15.6 Å². The van der Waals surface area contributed by atoms with Gasteiger partial charge in [0, 0.05) is 27.0 Å². The summed E-state index contributed by atoms with van der Waals surface area (Å²) in [4.78, 5) is 11.5. The van der Waals surface area contributed by atoms with Gasteiger partial charge in [-0.2, -0.15) is 0 Å². The lowest BCUT2D eigenvalue weighted by atomic mass is 10.1. The zero-order chi connectivity index (χ0) is 22.8. The van der Waals surface area contributed by atoms with Gasteiger partial charge in [-0.15, -0.1) is 0 Å². The van der Waals surface area contributed by atoms with Crippen LogP contribution in [0.3, 0.4) is 0 Å². The fourth-order valence-electron chi connectivity index (χ4n) is 3.52. The Hall–Kier alpha value is -3.09. The molecule has 0 saturated heterocycles. The van der Waals surface area contributed by atoms with Crippen LogP contribution in [0.1, 0.15) is 21.6 Å². The summed E-state index contributed by atoms with van der Waals surface area (Å²) in [5.74, 6) is -0.881. The molecule has 4 rings (SSSR count). The molecule has 3 aromatic carbocycles. The molecule has 0 saturated carbocycles. The molecule has 0 aliphatic heterocycles. The van der Waals surface area contributed by atoms with Crippen molar-refractivity contribution in [3.8, 4) is 22.7 Å². The number of carbonyl (C=O) groups is 1. The summed E-state index contributed by atoms with van der Waals surface area (Å²) in [7, 11) is 0. The van der Waals surface area contributed by atoms with Gasteiger partial charge < -0.3 is 14.4 Å². The minimum atomic E-state index is -0.994. The van der Waals surface area contributed by atoms with Gasteiger partial charge >= 0.3 is 5.97 Å². The third kappa shape index (κ3) is 4.42. The standard InChI is InChI=1S/C25H18BrClFNO3/c1-15-8-10-23(29(15)18-5-2-4-16(12-18)25(30)31)19-13-17(26)9-11-24(19)32-14-20-21(27)6-3-7-22(20)28/h2-13H,14H2,1H3,(H,30,31). The third-order valence-electron chi connectivity index (χ3n) is 5.08. The number of carboxylic acid groups (broad SMARTS) is 1. The van der Waals surface area contributed by atoms with Crippen LogP contribution < -0.4 is 4.74 Å². The predicted molar refractivity (Wildman–Crippen MR) is 126 cm³/mol. The Labute approximate surface area is 198 Å². The molecule has 0 unspecified atom stereocenters. The molecule has 162 valence electrons. The van der Waals surface area contributed by atoms with Crippen molar-refractivity contribution in [2.45, 2.75) is 13.5 Å². The van der Waals surface area contributed by atoms with E-state index >= 15 is 0 Å². The maximum Gasteiger partial charge on any atom is 0.335 e. The quantitative estimate of drug-likeness (QED) is 0.294. The van der Waals surface area contributed by atoms with E-state index in [1.54, 1.807) is 36.4 Å². The second kappa shape index (κ2) is 9.18. The minimum Gasteiger partial charge on any atom is -0.488 e. The van der Waals surface area contributed by atoms with Gasteiger partial charge in [0.05, 0.1) is 16.3 Å². The number of nitrogens with zero attached hydrogens (tertiary/aromatic N) is 1. The molecule has 0 atom stereocenters. The number of ether oxygens (including phenoxy) is 1. The minimum absolute atomic E-state index is 0.0334. The van der Waals surface area contributed by atoms with Gasteiger partial charge in [0.2, 0.25) is 0 Å². The third-order valence-corrected chi connectivity index (χ3v) is 5.93. The van der Waals surface area contributed by atoms with Crippen molar-refractivity contribution in [2.24, 2.45) is 0 Å². The Morgan fingerprint density at radius 3 is 2.62 bits per heavy atom. The average Bonchev–Trinajstić information content (AvgIpc) is 3.15. The fraction of sp³-hybridized carbons (Fsp3) is 0.0800. The smallest absolute Gasteiger partial charge is 0.335 e. The summed E-state index contributed by atoms with van der Waals surface area (Å²) in [6, 6.07) is 20.7. The summed E-state index contributed by atoms with van der Waals surface area (Å²) < 4.78 is 23.0. The van der Waals surface area contributed by atoms with E-state index in [1.165, 1.54) is 6.07 Å². The average molecular weight is 515 g/mol. The Balaban J connectivity index is 1.78. The van der Waals surface area contributed by atoms with Crippen molar-refractivity contribution in [1.29, 1.82) is 0 Å². The lowest BCUT2D eigenvalue weighted by Gasteiger charge is -2.17. The SMILES string of the molecule is Cc1ccc(-c2cc(Br)ccc2OCc2c(F)cccc2Cl)n1-c1cccc(C(=O)O)c1. The van der Waals surface area contributed by atoms with Crippen molar-refractivity contribution in [1.82, 2.24) is 4.57 Å². The summed E-state index contributed by atoms with van der Waals surface area (Å²) >= 11 is 9.65. The van der Waals surface area contributed by atoms with Gasteiger partial charge in [-0.25, -0.2) is 9.18 Å². The highest BCUT2D eigenvalue weighted by molar-refractivity contribution is 9.10. The van der Waals surface area contributed by atoms with Crippen molar-refractivity contribution in [3.63, 3.8) is 0 Å². The van der Waals surface area contributed by atoms with Crippen LogP contribution in [0.4, 0.5) is 4.39 Å². The first-order chi connectivity index (χ1) is 15.3. The maximum atomic E-state index is 14.2. The molecular formula is C25H18BrClFNO3. The van der Waals surface area contributed by atoms with Crippen LogP contribution in [0.25, 0.3) is 16.9 Å². The molecule has 0 bridgehead atoms. The molecule has 0 radical (unpaired) electrons. The van der Waals surface area contributed by atoms with Gasteiger partial charge in [0.1, 0.15) is 18.2 Å². The monoisotopic (exact) mass is 513 g/mol. The van der Waals surface area contributed by atoms with Crippen molar-refractivity contribution in [3.05, 3.63) is 105 Å². The highest BCUT2D eigenvalue weighted by Crippen LogP contribution is 2.36. The number of aryl methyl sites for hydroxylation is 1. The Morgan fingerprint density at radius 1 is 1.09 bits per heavy atom. The summed E-state index contributed by atoms with van der Waals surface area (Å²) in [5.41, 5.74) is 3.68. The Morgan fingerprint density at radius 2 is 1.88 bits per heavy atom. The highest BCUT2D eigenvalue weighted by Gasteiger charge is 2.17. The molecule has 0 aliphatic carbocycles.